The molecule has 146 valence electrons. The Balaban J connectivity index is 1.87. The lowest BCUT2D eigenvalue weighted by Crippen LogP contribution is -2.42. The van der Waals surface area contributed by atoms with E-state index >= 15 is 0 Å². The van der Waals surface area contributed by atoms with E-state index in [1.54, 1.807) is 18.3 Å². The summed E-state index contributed by atoms with van der Waals surface area (Å²) in [5.41, 5.74) is 0.648. The number of nitrogens with zero attached hydrogens (tertiary/aromatic N) is 1. The number of hydrogen-bond donors (Lipinski definition) is 3. The Kier molecular flexibility index (Phi) is 6.40. The average Bonchev–Trinajstić information content (AvgIpc) is 2.93. The van der Waals surface area contributed by atoms with Crippen molar-refractivity contribution >= 4 is 17.6 Å². The molecular weight excluding hydrogens is 355 g/mol. The van der Waals surface area contributed by atoms with Gasteiger partial charge in [0.1, 0.15) is 5.84 Å². The molecule has 2 rings (SSSR count). The van der Waals surface area contributed by atoms with Crippen molar-refractivity contribution in [3.8, 4) is 0 Å². The van der Waals surface area contributed by atoms with Gasteiger partial charge in [-0.3, -0.25) is 9.59 Å². The minimum absolute atomic E-state index is 0.0136. The molecule has 26 heavy (non-hydrogen) atoms. The van der Waals surface area contributed by atoms with Gasteiger partial charge in [-0.25, -0.2) is 0 Å². The molecule has 0 spiro atoms. The number of ether oxygens (including phenoxy) is 1. The maximum Gasteiger partial charge on any atom is 0.471 e. The Hall–Kier alpha value is -1.94. The normalized spacial score (nSPS) is 29.2. The quantitative estimate of drug-likeness (QED) is 0.612. The second-order valence-corrected chi connectivity index (χ2v) is 6.28. The van der Waals surface area contributed by atoms with Crippen molar-refractivity contribution in [2.45, 2.75) is 51.2 Å². The molecular formula is C16H22F3N3O4. The Morgan fingerprint density at radius 3 is 2.69 bits per heavy atom. The number of carbonyl (C=O) groups excluding carboxylic acids is 2. The fraction of sp³-hybridized carbons (Fsp3) is 0.688. The topological polar surface area (TPSA) is 100 Å². The third-order valence-corrected chi connectivity index (χ3v) is 4.33. The number of aliphatic hydroxyl groups is 1. The molecule has 3 N–H and O–H groups in total. The van der Waals surface area contributed by atoms with Crippen molar-refractivity contribution in [3.05, 3.63) is 11.6 Å². The first-order chi connectivity index (χ1) is 12.1. The summed E-state index contributed by atoms with van der Waals surface area (Å²) in [4.78, 5) is 26.9. The van der Waals surface area contributed by atoms with E-state index in [1.807, 2.05) is 6.92 Å². The molecule has 0 radical (unpaired) electrons. The highest BCUT2D eigenvalue weighted by molar-refractivity contribution is 6.08. The maximum atomic E-state index is 12.3. The summed E-state index contributed by atoms with van der Waals surface area (Å²) >= 11 is 0. The molecule has 0 aliphatic carbocycles. The zero-order valence-corrected chi connectivity index (χ0v) is 14.5. The molecule has 1 fully saturated rings. The van der Waals surface area contributed by atoms with Crippen LogP contribution in [0.3, 0.4) is 0 Å². The van der Waals surface area contributed by atoms with Gasteiger partial charge < -0.3 is 20.5 Å². The highest BCUT2D eigenvalue weighted by Gasteiger charge is 2.41. The lowest BCUT2D eigenvalue weighted by molar-refractivity contribution is -0.173. The van der Waals surface area contributed by atoms with Crippen molar-refractivity contribution < 1.29 is 32.6 Å². The van der Waals surface area contributed by atoms with Gasteiger partial charge in [-0.05, 0) is 18.9 Å². The number of alkyl halides is 3. The first-order valence-corrected chi connectivity index (χ1v) is 8.37. The number of dihydropyridines is 1. The zero-order chi connectivity index (χ0) is 19.5. The van der Waals surface area contributed by atoms with Gasteiger partial charge in [0.15, 0.2) is 0 Å². The predicted octanol–water partition coefficient (Wildman–Crippen LogP) is 0.684. The zero-order valence-electron chi connectivity index (χ0n) is 14.5. The van der Waals surface area contributed by atoms with Crippen molar-refractivity contribution in [3.63, 3.8) is 0 Å². The Morgan fingerprint density at radius 2 is 2.12 bits per heavy atom. The van der Waals surface area contributed by atoms with Crippen LogP contribution in [0.15, 0.2) is 16.6 Å². The van der Waals surface area contributed by atoms with E-state index in [4.69, 9.17) is 4.74 Å². The number of amides is 2. The molecule has 2 aliphatic heterocycles. The smallest absolute Gasteiger partial charge is 0.390 e. The standard InChI is InChI=1S/C16H22F3N3O4/c1-3-11-10(23)7-12(26-11)9-6-8(2)13(22-14(9)24)20-4-5-21-15(25)16(17,18)19/h6,9-12,23H,3-5,7H2,1-2H3,(H,21,25)(H,20,22,24). The van der Waals surface area contributed by atoms with Crippen molar-refractivity contribution in [2.75, 3.05) is 13.1 Å². The number of rotatable bonds is 5. The van der Waals surface area contributed by atoms with Gasteiger partial charge >= 0.3 is 12.1 Å². The SMILES string of the molecule is CCC1OC(C2C=C(C)C(NCCNC(=O)C(F)(F)F)=NC2=O)CC1O. The van der Waals surface area contributed by atoms with Gasteiger partial charge in [0, 0.05) is 19.5 Å². The Bertz CT molecular complexity index is 618. The number of halogens is 3. The summed E-state index contributed by atoms with van der Waals surface area (Å²) in [6.07, 6.45) is -3.63. The van der Waals surface area contributed by atoms with Crippen LogP contribution < -0.4 is 10.6 Å². The molecule has 2 heterocycles. The number of amidine groups is 1. The summed E-state index contributed by atoms with van der Waals surface area (Å²) in [7, 11) is 0. The fourth-order valence-corrected chi connectivity index (χ4v) is 2.96. The summed E-state index contributed by atoms with van der Waals surface area (Å²) in [5, 5.41) is 14.4. The van der Waals surface area contributed by atoms with Crippen LogP contribution in [0.5, 0.6) is 0 Å². The van der Waals surface area contributed by atoms with Gasteiger partial charge in [0.05, 0.1) is 24.2 Å². The van der Waals surface area contributed by atoms with Gasteiger partial charge in [-0.2, -0.15) is 18.2 Å². The molecule has 0 aromatic carbocycles. The van der Waals surface area contributed by atoms with E-state index in [9.17, 15) is 27.9 Å². The summed E-state index contributed by atoms with van der Waals surface area (Å²) in [5.74, 6) is -2.81. The van der Waals surface area contributed by atoms with Crippen LogP contribution in [0.4, 0.5) is 13.2 Å². The molecule has 0 aromatic rings. The number of nitrogens with one attached hydrogen (secondary N) is 2. The monoisotopic (exact) mass is 377 g/mol. The van der Waals surface area contributed by atoms with Crippen LogP contribution in [-0.4, -0.2) is 60.3 Å². The Morgan fingerprint density at radius 1 is 1.42 bits per heavy atom. The molecule has 1 saturated heterocycles. The van der Waals surface area contributed by atoms with Crippen LogP contribution >= 0.6 is 0 Å². The van der Waals surface area contributed by atoms with E-state index in [-0.39, 0.29) is 25.0 Å². The highest BCUT2D eigenvalue weighted by atomic mass is 19.4. The molecule has 4 atom stereocenters. The summed E-state index contributed by atoms with van der Waals surface area (Å²) in [6, 6.07) is 0. The van der Waals surface area contributed by atoms with E-state index in [1.165, 1.54) is 0 Å². The highest BCUT2D eigenvalue weighted by Crippen LogP contribution is 2.31. The van der Waals surface area contributed by atoms with E-state index in [0.29, 0.717) is 18.4 Å². The van der Waals surface area contributed by atoms with Crippen LogP contribution in [0.1, 0.15) is 26.7 Å². The lowest BCUT2D eigenvalue weighted by Gasteiger charge is -2.23. The number of carbonyl (C=O) groups is 2. The van der Waals surface area contributed by atoms with Crippen LogP contribution in [-0.2, 0) is 14.3 Å². The van der Waals surface area contributed by atoms with Crippen molar-refractivity contribution in [2.24, 2.45) is 10.9 Å². The Labute approximate surface area is 148 Å². The predicted molar refractivity (Wildman–Crippen MR) is 86.3 cm³/mol. The summed E-state index contributed by atoms with van der Waals surface area (Å²) < 4.78 is 41.9. The molecule has 0 saturated carbocycles. The first-order valence-electron chi connectivity index (χ1n) is 8.37. The lowest BCUT2D eigenvalue weighted by atomic mass is 9.93. The minimum Gasteiger partial charge on any atom is -0.390 e. The van der Waals surface area contributed by atoms with E-state index in [0.717, 1.165) is 0 Å². The first kappa shape index (κ1) is 20.4. The van der Waals surface area contributed by atoms with E-state index < -0.39 is 36.1 Å². The largest absolute Gasteiger partial charge is 0.471 e. The number of hydrogen-bond acceptors (Lipinski definition) is 5. The maximum absolute atomic E-state index is 12.3. The number of aliphatic imine (C=N–C) groups is 1. The van der Waals surface area contributed by atoms with Crippen molar-refractivity contribution in [1.29, 1.82) is 0 Å². The molecule has 2 aliphatic rings. The van der Waals surface area contributed by atoms with E-state index in [2.05, 4.69) is 10.3 Å². The van der Waals surface area contributed by atoms with Gasteiger partial charge in [-0.15, -0.1) is 0 Å². The fourth-order valence-electron chi connectivity index (χ4n) is 2.96. The van der Waals surface area contributed by atoms with Crippen LogP contribution in [0.2, 0.25) is 0 Å². The minimum atomic E-state index is -4.93. The second kappa shape index (κ2) is 8.17. The average molecular weight is 377 g/mol. The molecule has 2 amide bonds. The molecule has 4 unspecified atom stereocenters. The molecule has 0 aromatic heterocycles. The van der Waals surface area contributed by atoms with Crippen molar-refractivity contribution in [1.82, 2.24) is 10.6 Å². The van der Waals surface area contributed by atoms with Crippen LogP contribution in [0.25, 0.3) is 0 Å². The second-order valence-electron chi connectivity index (χ2n) is 6.28. The van der Waals surface area contributed by atoms with Crippen LogP contribution in [0, 0.1) is 5.92 Å². The van der Waals surface area contributed by atoms with Gasteiger partial charge in [0.2, 0.25) is 0 Å². The third-order valence-electron chi connectivity index (χ3n) is 4.33. The number of aliphatic hydroxyl groups excluding tert-OH is 1. The molecule has 10 heteroatoms. The molecule has 7 nitrogen and oxygen atoms in total. The molecule has 0 bridgehead atoms. The summed E-state index contributed by atoms with van der Waals surface area (Å²) in [6.45, 7) is 3.32. The van der Waals surface area contributed by atoms with Gasteiger partial charge in [-0.1, -0.05) is 13.0 Å². The van der Waals surface area contributed by atoms with Gasteiger partial charge in [0.25, 0.3) is 5.91 Å². The third kappa shape index (κ3) is 4.82.